The number of carbonyl (C=O) groups is 1. The fraction of sp³-hybridized carbons (Fsp3) is 0.353. The first-order chi connectivity index (χ1) is 11.1. The lowest BCUT2D eigenvalue weighted by atomic mass is 10.1. The number of aromatic nitrogens is 1. The third kappa shape index (κ3) is 3.62. The van der Waals surface area contributed by atoms with Crippen molar-refractivity contribution in [3.8, 4) is 0 Å². The smallest absolute Gasteiger partial charge is 0.330 e. The summed E-state index contributed by atoms with van der Waals surface area (Å²) in [5.41, 5.74) is 1.42. The number of benzene rings is 1. The molecule has 0 fully saturated rings. The molecule has 2 rings (SSSR count). The Morgan fingerprint density at radius 2 is 1.88 bits per heavy atom. The molecule has 0 saturated heterocycles. The van der Waals surface area contributed by atoms with Crippen molar-refractivity contribution < 1.29 is 17.9 Å². The Balaban J connectivity index is 2.85. The monoisotopic (exact) mass is 365 g/mol. The molecule has 0 amide bonds. The molecule has 24 heavy (non-hydrogen) atoms. The van der Waals surface area contributed by atoms with Crippen LogP contribution in [0.15, 0.2) is 30.3 Å². The molecule has 0 aliphatic rings. The van der Waals surface area contributed by atoms with Crippen LogP contribution in [-0.2, 0) is 19.6 Å². The first-order valence-electron chi connectivity index (χ1n) is 7.76. The Morgan fingerprint density at radius 3 is 2.42 bits per heavy atom. The molecule has 7 heteroatoms. The molecule has 0 bridgehead atoms. The van der Waals surface area contributed by atoms with Crippen molar-refractivity contribution in [2.24, 2.45) is 0 Å². The van der Waals surface area contributed by atoms with Crippen LogP contribution in [0.4, 0.5) is 0 Å². The maximum Gasteiger partial charge on any atom is 0.330 e. The van der Waals surface area contributed by atoms with Gasteiger partial charge >= 0.3 is 5.97 Å². The molecule has 0 spiro atoms. The number of hydrogen-bond donors (Lipinski definition) is 0. The molecule has 0 atom stereocenters. The van der Waals surface area contributed by atoms with Gasteiger partial charge in [0.1, 0.15) is 8.07 Å². The van der Waals surface area contributed by atoms with Gasteiger partial charge in [-0.25, -0.2) is 17.2 Å². The van der Waals surface area contributed by atoms with Crippen molar-refractivity contribution in [2.75, 3.05) is 12.9 Å². The van der Waals surface area contributed by atoms with E-state index in [1.165, 1.54) is 16.3 Å². The molecule has 0 aliphatic heterocycles. The quantitative estimate of drug-likeness (QED) is 0.464. The number of fused-ring (bicyclic) bond motifs is 1. The second-order valence-electron chi connectivity index (χ2n) is 6.64. The van der Waals surface area contributed by atoms with Crippen LogP contribution in [0.1, 0.15) is 12.5 Å². The van der Waals surface area contributed by atoms with Crippen LogP contribution in [0.3, 0.4) is 0 Å². The molecule has 0 unspecified atom stereocenters. The van der Waals surface area contributed by atoms with Gasteiger partial charge in [0.2, 0.25) is 10.0 Å². The van der Waals surface area contributed by atoms with E-state index in [9.17, 15) is 13.2 Å². The van der Waals surface area contributed by atoms with E-state index < -0.39 is 24.1 Å². The standard InChI is InChI=1S/C17H23NO4SSi/c1-6-22-16(19)12-11-14-13-9-7-8-10-15(13)18(23(2,20)21)17(14)24(3,4)5/h7-12H,6H2,1-5H3/b12-11+. The maximum atomic E-state index is 12.4. The molecule has 0 N–H and O–H groups in total. The molecule has 1 aromatic carbocycles. The van der Waals surface area contributed by atoms with E-state index in [0.717, 1.165) is 16.3 Å². The van der Waals surface area contributed by atoms with E-state index in [2.05, 4.69) is 19.6 Å². The number of rotatable bonds is 5. The molecule has 0 radical (unpaired) electrons. The zero-order chi connectivity index (χ0) is 18.1. The lowest BCUT2D eigenvalue weighted by molar-refractivity contribution is -0.137. The van der Waals surface area contributed by atoms with Crippen LogP contribution in [0, 0.1) is 0 Å². The van der Waals surface area contributed by atoms with Gasteiger partial charge in [0.25, 0.3) is 0 Å². The van der Waals surface area contributed by atoms with Crippen molar-refractivity contribution in [2.45, 2.75) is 26.6 Å². The number of nitrogens with zero attached hydrogens (tertiary/aromatic N) is 1. The number of esters is 1. The van der Waals surface area contributed by atoms with Crippen molar-refractivity contribution in [1.29, 1.82) is 0 Å². The Hall–Kier alpha value is -1.86. The average Bonchev–Trinajstić information content (AvgIpc) is 2.80. The Labute approximate surface area is 144 Å². The fourth-order valence-corrected chi connectivity index (χ4v) is 6.82. The lowest BCUT2D eigenvalue weighted by Crippen LogP contribution is -2.46. The summed E-state index contributed by atoms with van der Waals surface area (Å²) in [4.78, 5) is 11.7. The van der Waals surface area contributed by atoms with Gasteiger partial charge in [-0.15, -0.1) is 0 Å². The first kappa shape index (κ1) is 18.5. The summed E-state index contributed by atoms with van der Waals surface area (Å²) >= 11 is 0. The summed E-state index contributed by atoms with van der Waals surface area (Å²) in [6.07, 6.45) is 4.25. The number of carbonyl (C=O) groups excluding carboxylic acids is 1. The summed E-state index contributed by atoms with van der Waals surface area (Å²) in [6, 6.07) is 7.36. The maximum absolute atomic E-state index is 12.4. The van der Waals surface area contributed by atoms with E-state index >= 15 is 0 Å². The van der Waals surface area contributed by atoms with Gasteiger partial charge in [0, 0.05) is 22.3 Å². The predicted octanol–water partition coefficient (Wildman–Crippen LogP) is 2.57. The van der Waals surface area contributed by atoms with Crippen LogP contribution < -0.4 is 5.32 Å². The van der Waals surface area contributed by atoms with E-state index in [1.54, 1.807) is 19.1 Å². The fourth-order valence-electron chi connectivity index (χ4n) is 2.80. The third-order valence-electron chi connectivity index (χ3n) is 3.59. The number of hydrogen-bond acceptors (Lipinski definition) is 4. The van der Waals surface area contributed by atoms with Crippen LogP contribution >= 0.6 is 0 Å². The van der Waals surface area contributed by atoms with Gasteiger partial charge in [-0.1, -0.05) is 37.8 Å². The highest BCUT2D eigenvalue weighted by Crippen LogP contribution is 2.25. The molecule has 0 aliphatic carbocycles. The highest BCUT2D eigenvalue weighted by atomic mass is 32.2. The van der Waals surface area contributed by atoms with Gasteiger partial charge in [0.15, 0.2) is 0 Å². The normalized spacial score (nSPS) is 12.9. The summed E-state index contributed by atoms with van der Waals surface area (Å²) in [5, 5.41) is 1.60. The Bertz CT molecular complexity index is 905. The van der Waals surface area contributed by atoms with Crippen LogP contribution in [0.5, 0.6) is 0 Å². The first-order valence-corrected chi connectivity index (χ1v) is 13.1. The number of ether oxygens (including phenoxy) is 1. The van der Waals surface area contributed by atoms with Crippen LogP contribution in [-0.4, -0.2) is 39.3 Å². The van der Waals surface area contributed by atoms with E-state index in [4.69, 9.17) is 4.74 Å². The van der Waals surface area contributed by atoms with Gasteiger partial charge in [0.05, 0.1) is 18.4 Å². The van der Waals surface area contributed by atoms with E-state index in [-0.39, 0.29) is 0 Å². The summed E-state index contributed by atoms with van der Waals surface area (Å²) in [6.45, 7) is 8.31. The van der Waals surface area contributed by atoms with Crippen molar-refractivity contribution in [3.05, 3.63) is 35.9 Å². The Kier molecular flexibility index (Phi) is 5.05. The van der Waals surface area contributed by atoms with E-state index in [1.807, 2.05) is 18.2 Å². The highest BCUT2D eigenvalue weighted by Gasteiger charge is 2.30. The summed E-state index contributed by atoms with van der Waals surface area (Å²) < 4.78 is 31.2. The average molecular weight is 366 g/mol. The molecule has 2 aromatic rings. The molecule has 1 aromatic heterocycles. The molecular weight excluding hydrogens is 342 g/mol. The van der Waals surface area contributed by atoms with Gasteiger partial charge in [-0.3, -0.25) is 0 Å². The van der Waals surface area contributed by atoms with Crippen molar-refractivity contribution >= 4 is 46.4 Å². The highest BCUT2D eigenvalue weighted by molar-refractivity contribution is 7.89. The van der Waals surface area contributed by atoms with Crippen LogP contribution in [0.25, 0.3) is 17.0 Å². The summed E-state index contributed by atoms with van der Waals surface area (Å²) in [7, 11) is -5.50. The van der Waals surface area contributed by atoms with Gasteiger partial charge < -0.3 is 4.74 Å². The lowest BCUT2D eigenvalue weighted by Gasteiger charge is -2.20. The third-order valence-corrected chi connectivity index (χ3v) is 6.70. The minimum atomic E-state index is -3.47. The second-order valence-corrected chi connectivity index (χ2v) is 13.4. The largest absolute Gasteiger partial charge is 0.463 e. The minimum absolute atomic E-state index is 0.301. The molecular formula is C17H23NO4SSi. The topological polar surface area (TPSA) is 65.4 Å². The second kappa shape index (κ2) is 6.56. The van der Waals surface area contributed by atoms with Crippen LogP contribution in [0.2, 0.25) is 19.6 Å². The summed E-state index contributed by atoms with van der Waals surface area (Å²) in [5.74, 6) is -0.435. The zero-order valence-electron chi connectivity index (χ0n) is 14.7. The Morgan fingerprint density at radius 1 is 1.25 bits per heavy atom. The van der Waals surface area contributed by atoms with Gasteiger partial charge in [-0.05, 0) is 19.1 Å². The predicted molar refractivity (Wildman–Crippen MR) is 101 cm³/mol. The molecule has 130 valence electrons. The minimum Gasteiger partial charge on any atom is -0.463 e. The SMILES string of the molecule is CCOC(=O)/C=C/c1c([Si](C)(C)C)n(S(C)(=O)=O)c2ccccc12. The zero-order valence-corrected chi connectivity index (χ0v) is 16.5. The number of para-hydroxylation sites is 1. The van der Waals surface area contributed by atoms with E-state index in [0.29, 0.717) is 12.1 Å². The van der Waals surface area contributed by atoms with Crippen molar-refractivity contribution in [1.82, 2.24) is 3.97 Å². The molecule has 1 heterocycles. The van der Waals surface area contributed by atoms with Crippen molar-refractivity contribution in [3.63, 3.8) is 0 Å². The van der Waals surface area contributed by atoms with Gasteiger partial charge in [-0.2, -0.15) is 0 Å². The molecule has 5 nitrogen and oxygen atoms in total. The molecule has 0 saturated carbocycles.